The van der Waals surface area contributed by atoms with Gasteiger partial charge in [0.15, 0.2) is 5.11 Å². The first-order valence-electron chi connectivity index (χ1n) is 11.8. The molecule has 5 rings (SSSR count). The zero-order valence-corrected chi connectivity index (χ0v) is 21.8. The van der Waals surface area contributed by atoms with Crippen molar-refractivity contribution in [3.8, 4) is 17.3 Å². The van der Waals surface area contributed by atoms with Gasteiger partial charge in [0.05, 0.1) is 37.7 Å². The number of anilines is 1. The number of methoxy groups -OCH3 is 2. The topological polar surface area (TPSA) is 64.4 Å². The van der Waals surface area contributed by atoms with Gasteiger partial charge in [-0.1, -0.05) is 6.07 Å². The van der Waals surface area contributed by atoms with E-state index >= 15 is 0 Å². The molecule has 0 unspecified atom stereocenters. The maximum absolute atomic E-state index is 5.92. The summed E-state index contributed by atoms with van der Waals surface area (Å²) in [6.07, 6.45) is 3.66. The molecule has 7 nitrogen and oxygen atoms in total. The maximum Gasteiger partial charge on any atom is 0.174 e. The third-order valence-electron chi connectivity index (χ3n) is 6.66. The van der Waals surface area contributed by atoms with Crippen LogP contribution in [0.5, 0.6) is 11.5 Å². The lowest BCUT2D eigenvalue weighted by Gasteiger charge is -2.29. The molecule has 4 heterocycles. The summed E-state index contributed by atoms with van der Waals surface area (Å²) < 4.78 is 13.4. The van der Waals surface area contributed by atoms with Gasteiger partial charge in [-0.15, -0.1) is 0 Å². The molecule has 36 heavy (non-hydrogen) atoms. The molecule has 1 aliphatic rings. The largest absolute Gasteiger partial charge is 0.497 e. The van der Waals surface area contributed by atoms with Gasteiger partial charge in [-0.3, -0.25) is 4.98 Å². The molecule has 3 aromatic heterocycles. The molecule has 0 amide bonds. The molecule has 1 fully saturated rings. The van der Waals surface area contributed by atoms with Crippen LogP contribution >= 0.6 is 12.2 Å². The molecule has 0 saturated carbocycles. The summed E-state index contributed by atoms with van der Waals surface area (Å²) >= 11 is 5.92. The van der Waals surface area contributed by atoms with E-state index in [0.717, 1.165) is 45.5 Å². The fraction of sp³-hybridized carbons (Fsp3) is 0.250. The SMILES string of the molecule is COc1ccc(N2C(=S)N[C@H](c3ccccn3)[C@@H]2c2cc(C)n(-c3cc(C)ccn3)c2C)c(OC)c1. The molecule has 1 aromatic carbocycles. The summed E-state index contributed by atoms with van der Waals surface area (Å²) in [7, 11) is 3.30. The number of ether oxygens (including phenoxy) is 2. The minimum Gasteiger partial charge on any atom is -0.497 e. The Hall–Kier alpha value is -3.91. The standard InChI is InChI=1S/C28H29N5O2S/c1-17-11-13-30-25(14-17)32-18(2)15-21(19(32)3)27-26(22-8-6-7-12-29-22)31-28(36)33(27)23-10-9-20(34-4)16-24(23)35-5/h6-16,26-27H,1-5H3,(H,31,36)/t26-,27+/m1/s1. The van der Waals surface area contributed by atoms with Gasteiger partial charge >= 0.3 is 0 Å². The Morgan fingerprint density at radius 1 is 0.917 bits per heavy atom. The van der Waals surface area contributed by atoms with Crippen LogP contribution in [0.15, 0.2) is 67.0 Å². The number of aryl methyl sites for hydroxylation is 2. The number of rotatable bonds is 6. The van der Waals surface area contributed by atoms with Crippen LogP contribution in [0, 0.1) is 20.8 Å². The van der Waals surface area contributed by atoms with Crippen LogP contribution in [0.2, 0.25) is 0 Å². The smallest absolute Gasteiger partial charge is 0.174 e. The Morgan fingerprint density at radius 2 is 1.75 bits per heavy atom. The fourth-order valence-electron chi connectivity index (χ4n) is 5.00. The molecular weight excluding hydrogens is 470 g/mol. The van der Waals surface area contributed by atoms with Crippen molar-refractivity contribution in [2.45, 2.75) is 32.9 Å². The minimum atomic E-state index is -0.167. The number of hydrogen-bond acceptors (Lipinski definition) is 5. The van der Waals surface area contributed by atoms with E-state index in [0.29, 0.717) is 10.9 Å². The zero-order valence-electron chi connectivity index (χ0n) is 21.0. The van der Waals surface area contributed by atoms with Crippen molar-refractivity contribution in [3.05, 3.63) is 95.2 Å². The van der Waals surface area contributed by atoms with Gasteiger partial charge in [-0.25, -0.2) is 4.98 Å². The summed E-state index contributed by atoms with van der Waals surface area (Å²) in [6, 6.07) is 17.7. The van der Waals surface area contributed by atoms with E-state index in [-0.39, 0.29) is 12.1 Å². The molecule has 0 bridgehead atoms. The molecule has 1 N–H and O–H groups in total. The Kier molecular flexibility index (Phi) is 6.36. The number of aromatic nitrogens is 3. The lowest BCUT2D eigenvalue weighted by Crippen LogP contribution is -2.30. The third-order valence-corrected chi connectivity index (χ3v) is 6.98. The first kappa shape index (κ1) is 23.8. The second kappa shape index (κ2) is 9.62. The van der Waals surface area contributed by atoms with Crippen molar-refractivity contribution in [1.82, 2.24) is 19.9 Å². The minimum absolute atomic E-state index is 0.162. The molecular formula is C28H29N5O2S. The van der Waals surface area contributed by atoms with Crippen molar-refractivity contribution in [3.63, 3.8) is 0 Å². The molecule has 1 aliphatic heterocycles. The number of nitrogens with one attached hydrogen (secondary N) is 1. The summed E-state index contributed by atoms with van der Waals surface area (Å²) in [6.45, 7) is 6.32. The van der Waals surface area contributed by atoms with Crippen LogP contribution in [-0.2, 0) is 0 Å². The second-order valence-electron chi connectivity index (χ2n) is 8.89. The number of pyridine rings is 2. The monoisotopic (exact) mass is 499 g/mol. The number of thiocarbonyl (C=S) groups is 1. The highest BCUT2D eigenvalue weighted by Crippen LogP contribution is 2.46. The lowest BCUT2D eigenvalue weighted by atomic mass is 9.96. The Balaban J connectivity index is 1.70. The normalized spacial score (nSPS) is 17.2. The third kappa shape index (κ3) is 4.07. The molecule has 4 aromatic rings. The first-order valence-corrected chi connectivity index (χ1v) is 12.2. The fourth-order valence-corrected chi connectivity index (χ4v) is 5.34. The van der Waals surface area contributed by atoms with Gasteiger partial charge in [-0.2, -0.15) is 0 Å². The van der Waals surface area contributed by atoms with E-state index in [9.17, 15) is 0 Å². The second-order valence-corrected chi connectivity index (χ2v) is 9.27. The quantitative estimate of drug-likeness (QED) is 0.357. The summed E-state index contributed by atoms with van der Waals surface area (Å²) in [5.41, 5.74) is 6.27. The van der Waals surface area contributed by atoms with Crippen LogP contribution in [0.3, 0.4) is 0 Å². The van der Waals surface area contributed by atoms with Crippen LogP contribution in [-0.4, -0.2) is 33.9 Å². The van der Waals surface area contributed by atoms with Gasteiger partial charge in [0.1, 0.15) is 17.3 Å². The van der Waals surface area contributed by atoms with Gasteiger partial charge in [0, 0.05) is 29.8 Å². The summed E-state index contributed by atoms with van der Waals surface area (Å²) in [4.78, 5) is 11.5. The molecule has 184 valence electrons. The number of benzene rings is 1. The Bertz CT molecular complexity index is 1420. The Labute approximate surface area is 216 Å². The van der Waals surface area contributed by atoms with E-state index < -0.39 is 0 Å². The highest BCUT2D eigenvalue weighted by molar-refractivity contribution is 7.80. The van der Waals surface area contributed by atoms with Crippen molar-refractivity contribution in [1.29, 1.82) is 0 Å². The maximum atomic E-state index is 5.92. The van der Waals surface area contributed by atoms with E-state index in [2.05, 4.69) is 57.7 Å². The van der Waals surface area contributed by atoms with E-state index in [1.165, 1.54) is 0 Å². The Morgan fingerprint density at radius 3 is 2.44 bits per heavy atom. The van der Waals surface area contributed by atoms with Crippen LogP contribution in [0.4, 0.5) is 5.69 Å². The average molecular weight is 500 g/mol. The summed E-state index contributed by atoms with van der Waals surface area (Å²) in [5.74, 6) is 2.29. The predicted molar refractivity (Wildman–Crippen MR) is 145 cm³/mol. The lowest BCUT2D eigenvalue weighted by molar-refractivity contribution is 0.394. The molecule has 8 heteroatoms. The zero-order chi connectivity index (χ0) is 25.4. The molecule has 0 aliphatic carbocycles. The molecule has 1 saturated heterocycles. The van der Waals surface area contributed by atoms with Crippen molar-refractivity contribution < 1.29 is 9.47 Å². The predicted octanol–water partition coefficient (Wildman–Crippen LogP) is 5.39. The van der Waals surface area contributed by atoms with E-state index in [4.69, 9.17) is 21.7 Å². The highest BCUT2D eigenvalue weighted by Gasteiger charge is 2.43. The number of nitrogens with zero attached hydrogens (tertiary/aromatic N) is 4. The van der Waals surface area contributed by atoms with Crippen molar-refractivity contribution in [2.24, 2.45) is 0 Å². The number of hydrogen-bond donors (Lipinski definition) is 1. The van der Waals surface area contributed by atoms with Gasteiger partial charge in [0.2, 0.25) is 0 Å². The molecule has 2 atom stereocenters. The first-order chi connectivity index (χ1) is 17.4. The van der Waals surface area contributed by atoms with Crippen LogP contribution < -0.4 is 19.7 Å². The van der Waals surface area contributed by atoms with E-state index in [1.54, 1.807) is 14.2 Å². The average Bonchev–Trinajstić information content (AvgIpc) is 3.38. The van der Waals surface area contributed by atoms with Crippen LogP contribution in [0.25, 0.3) is 5.82 Å². The molecule has 0 spiro atoms. The van der Waals surface area contributed by atoms with Gasteiger partial charge in [0.25, 0.3) is 0 Å². The van der Waals surface area contributed by atoms with Crippen molar-refractivity contribution >= 4 is 23.0 Å². The summed E-state index contributed by atoms with van der Waals surface area (Å²) in [5, 5.41) is 4.14. The van der Waals surface area contributed by atoms with Crippen LogP contribution in [0.1, 0.15) is 40.3 Å². The van der Waals surface area contributed by atoms with Gasteiger partial charge in [-0.05, 0) is 86.6 Å². The van der Waals surface area contributed by atoms with Crippen molar-refractivity contribution in [2.75, 3.05) is 19.1 Å². The van der Waals surface area contributed by atoms with E-state index in [1.807, 2.05) is 54.9 Å². The molecule has 0 radical (unpaired) electrons. The highest BCUT2D eigenvalue weighted by atomic mass is 32.1. The van der Waals surface area contributed by atoms with Gasteiger partial charge < -0.3 is 24.3 Å².